The minimum absolute atomic E-state index is 0.00121. The molecule has 0 heterocycles. The maximum Gasteiger partial charge on any atom is 0.344 e. The van der Waals surface area contributed by atoms with Crippen LogP contribution in [0.4, 0.5) is 0 Å². The molecule has 0 fully saturated rings. The maximum absolute atomic E-state index is 11.4. The van der Waals surface area contributed by atoms with Crippen molar-refractivity contribution in [1.29, 1.82) is 0 Å². The summed E-state index contributed by atoms with van der Waals surface area (Å²) in [6, 6.07) is 6.63. The van der Waals surface area contributed by atoms with Gasteiger partial charge in [-0.1, -0.05) is 15.9 Å². The third-order valence-electron chi connectivity index (χ3n) is 2.07. The van der Waals surface area contributed by atoms with Crippen molar-refractivity contribution in [2.75, 3.05) is 11.9 Å². The number of hydrogen-bond donors (Lipinski definition) is 0. The van der Waals surface area contributed by atoms with E-state index in [0.717, 1.165) is 0 Å². The van der Waals surface area contributed by atoms with Crippen molar-refractivity contribution < 1.29 is 19.1 Å². The second-order valence-electron chi connectivity index (χ2n) is 4.96. The molecule has 0 amide bonds. The van der Waals surface area contributed by atoms with Gasteiger partial charge in [0.15, 0.2) is 12.4 Å². The van der Waals surface area contributed by atoms with Crippen LogP contribution in [-0.4, -0.2) is 29.3 Å². The highest BCUT2D eigenvalue weighted by Crippen LogP contribution is 2.14. The van der Waals surface area contributed by atoms with Gasteiger partial charge in [-0.05, 0) is 45.0 Å². The van der Waals surface area contributed by atoms with Gasteiger partial charge in [0.2, 0.25) is 0 Å². The number of ether oxygens (including phenoxy) is 2. The predicted molar refractivity (Wildman–Crippen MR) is 75.9 cm³/mol. The van der Waals surface area contributed by atoms with Gasteiger partial charge in [0.1, 0.15) is 11.4 Å². The lowest BCUT2D eigenvalue weighted by Gasteiger charge is -2.19. The maximum atomic E-state index is 11.4. The SMILES string of the molecule is CC(C)(C)OC(=O)COc1ccc(C(=O)CBr)cc1. The van der Waals surface area contributed by atoms with E-state index in [9.17, 15) is 9.59 Å². The largest absolute Gasteiger partial charge is 0.482 e. The summed E-state index contributed by atoms with van der Waals surface area (Å²) in [5, 5.41) is 0.283. The van der Waals surface area contributed by atoms with E-state index < -0.39 is 11.6 Å². The first-order valence-electron chi connectivity index (χ1n) is 5.86. The number of halogens is 1. The summed E-state index contributed by atoms with van der Waals surface area (Å²) in [7, 11) is 0. The van der Waals surface area contributed by atoms with Crippen molar-refractivity contribution in [3.05, 3.63) is 29.8 Å². The first-order chi connectivity index (χ1) is 8.81. The van der Waals surface area contributed by atoms with E-state index in [1.165, 1.54) is 0 Å². The van der Waals surface area contributed by atoms with E-state index in [1.54, 1.807) is 45.0 Å². The first-order valence-corrected chi connectivity index (χ1v) is 6.98. The summed E-state index contributed by atoms with van der Waals surface area (Å²) < 4.78 is 10.4. The molecular weight excluding hydrogens is 312 g/mol. The molecule has 0 aliphatic rings. The summed E-state index contributed by atoms with van der Waals surface area (Å²) in [4.78, 5) is 22.8. The number of benzene rings is 1. The topological polar surface area (TPSA) is 52.6 Å². The summed E-state index contributed by atoms with van der Waals surface area (Å²) in [5.41, 5.74) is 0.0774. The standard InChI is InChI=1S/C14H17BrO4/c1-14(2,3)19-13(17)9-18-11-6-4-10(5-7-11)12(16)8-15/h4-7H,8-9H2,1-3H3. The summed E-state index contributed by atoms with van der Waals surface area (Å²) >= 11 is 3.11. The molecule has 1 aromatic rings. The molecule has 19 heavy (non-hydrogen) atoms. The van der Waals surface area contributed by atoms with E-state index in [1.807, 2.05) is 0 Å². The Bertz CT molecular complexity index is 446. The zero-order valence-corrected chi connectivity index (χ0v) is 12.8. The Balaban J connectivity index is 2.50. The van der Waals surface area contributed by atoms with Crippen LogP contribution in [0.1, 0.15) is 31.1 Å². The Morgan fingerprint density at radius 2 is 1.74 bits per heavy atom. The van der Waals surface area contributed by atoms with Gasteiger partial charge in [-0.25, -0.2) is 4.79 Å². The molecule has 5 heteroatoms. The summed E-state index contributed by atoms with van der Waals surface area (Å²) in [5.74, 6) is 0.101. The highest BCUT2D eigenvalue weighted by Gasteiger charge is 2.16. The number of carbonyl (C=O) groups is 2. The van der Waals surface area contributed by atoms with Crippen LogP contribution in [0.15, 0.2) is 24.3 Å². The molecule has 0 aromatic heterocycles. The van der Waals surface area contributed by atoms with Gasteiger partial charge in [0.25, 0.3) is 0 Å². The quantitative estimate of drug-likeness (QED) is 0.473. The van der Waals surface area contributed by atoms with Crippen LogP contribution >= 0.6 is 15.9 Å². The molecule has 4 nitrogen and oxygen atoms in total. The van der Waals surface area contributed by atoms with Crippen LogP contribution in [0.5, 0.6) is 5.75 Å². The van der Waals surface area contributed by atoms with Crippen LogP contribution in [0.25, 0.3) is 0 Å². The van der Waals surface area contributed by atoms with Gasteiger partial charge in [0, 0.05) is 5.56 Å². The Morgan fingerprint density at radius 3 is 2.21 bits per heavy atom. The van der Waals surface area contributed by atoms with E-state index in [0.29, 0.717) is 11.3 Å². The third kappa shape index (κ3) is 5.87. The number of carbonyl (C=O) groups excluding carboxylic acids is 2. The number of rotatable bonds is 5. The molecule has 0 unspecified atom stereocenters. The smallest absolute Gasteiger partial charge is 0.344 e. The van der Waals surface area contributed by atoms with E-state index in [2.05, 4.69) is 15.9 Å². The molecule has 0 bridgehead atoms. The fraction of sp³-hybridized carbons (Fsp3) is 0.429. The molecule has 0 N–H and O–H groups in total. The van der Waals surface area contributed by atoms with Crippen LogP contribution in [0.3, 0.4) is 0 Å². The lowest BCUT2D eigenvalue weighted by atomic mass is 10.1. The molecule has 0 aliphatic carbocycles. The lowest BCUT2D eigenvalue weighted by Crippen LogP contribution is -2.27. The fourth-order valence-electron chi connectivity index (χ4n) is 1.33. The van der Waals surface area contributed by atoms with Crippen molar-refractivity contribution in [3.8, 4) is 5.75 Å². The van der Waals surface area contributed by atoms with Crippen molar-refractivity contribution in [3.63, 3.8) is 0 Å². The number of ketones is 1. The van der Waals surface area contributed by atoms with Gasteiger partial charge in [-0.2, -0.15) is 0 Å². The highest BCUT2D eigenvalue weighted by molar-refractivity contribution is 9.09. The average Bonchev–Trinajstić information content (AvgIpc) is 2.34. The van der Waals surface area contributed by atoms with Crippen LogP contribution in [-0.2, 0) is 9.53 Å². The number of esters is 1. The summed E-state index contributed by atoms with van der Waals surface area (Å²) in [6.07, 6.45) is 0. The Hall–Kier alpha value is -1.36. The van der Waals surface area contributed by atoms with Crippen LogP contribution < -0.4 is 4.74 Å². The van der Waals surface area contributed by atoms with E-state index >= 15 is 0 Å². The van der Waals surface area contributed by atoms with Gasteiger partial charge < -0.3 is 9.47 Å². The Kier molecular flexibility index (Phi) is 5.54. The first kappa shape index (κ1) is 15.7. The molecule has 1 aromatic carbocycles. The van der Waals surface area contributed by atoms with Crippen molar-refractivity contribution in [2.45, 2.75) is 26.4 Å². The monoisotopic (exact) mass is 328 g/mol. The fourth-order valence-corrected chi connectivity index (χ4v) is 1.65. The average molecular weight is 329 g/mol. The molecule has 0 spiro atoms. The molecule has 0 radical (unpaired) electrons. The molecule has 0 aliphatic heterocycles. The molecule has 0 saturated carbocycles. The van der Waals surface area contributed by atoms with Gasteiger partial charge in [-0.3, -0.25) is 4.79 Å². The second-order valence-corrected chi connectivity index (χ2v) is 5.52. The highest BCUT2D eigenvalue weighted by atomic mass is 79.9. The molecule has 1 rings (SSSR count). The molecule has 0 atom stereocenters. The number of Topliss-reactive ketones (excluding diaryl/α,β-unsaturated/α-hetero) is 1. The van der Waals surface area contributed by atoms with Crippen LogP contribution in [0, 0.1) is 0 Å². The van der Waals surface area contributed by atoms with Gasteiger partial charge in [-0.15, -0.1) is 0 Å². The van der Waals surface area contributed by atoms with Gasteiger partial charge in [0.05, 0.1) is 5.33 Å². The Labute approximate surface area is 121 Å². The van der Waals surface area contributed by atoms with Crippen molar-refractivity contribution >= 4 is 27.7 Å². The summed E-state index contributed by atoms with van der Waals surface area (Å²) in [6.45, 7) is 5.24. The van der Waals surface area contributed by atoms with Crippen LogP contribution in [0.2, 0.25) is 0 Å². The molecule has 104 valence electrons. The van der Waals surface area contributed by atoms with Crippen molar-refractivity contribution in [2.24, 2.45) is 0 Å². The van der Waals surface area contributed by atoms with E-state index in [-0.39, 0.29) is 17.7 Å². The lowest BCUT2D eigenvalue weighted by molar-refractivity contribution is -0.157. The minimum atomic E-state index is -0.521. The predicted octanol–water partition coefficient (Wildman–Crippen LogP) is 2.98. The zero-order valence-electron chi connectivity index (χ0n) is 11.2. The molecule has 0 saturated heterocycles. The minimum Gasteiger partial charge on any atom is -0.482 e. The number of alkyl halides is 1. The normalized spacial score (nSPS) is 10.9. The number of hydrogen-bond acceptors (Lipinski definition) is 4. The van der Waals surface area contributed by atoms with Gasteiger partial charge >= 0.3 is 5.97 Å². The zero-order chi connectivity index (χ0) is 14.5. The second kappa shape index (κ2) is 6.70. The van der Waals surface area contributed by atoms with Crippen molar-refractivity contribution in [1.82, 2.24) is 0 Å². The Morgan fingerprint density at radius 1 is 1.16 bits per heavy atom. The third-order valence-corrected chi connectivity index (χ3v) is 2.58. The molecular formula is C14H17BrO4. The van der Waals surface area contributed by atoms with E-state index in [4.69, 9.17) is 9.47 Å².